The van der Waals surface area contributed by atoms with Gasteiger partial charge in [0.1, 0.15) is 0 Å². The number of carbonyl (C=O) groups is 2. The first-order valence-corrected chi connectivity index (χ1v) is 9.72. The Hall–Kier alpha value is -1.32. The Balaban J connectivity index is 3.15. The summed E-state index contributed by atoms with van der Waals surface area (Å²) in [6.45, 7) is 2.61. The number of ether oxygens (including phenoxy) is 1. The molecule has 0 aliphatic rings. The summed E-state index contributed by atoms with van der Waals surface area (Å²) >= 11 is 0. The number of hydrogen-bond donors (Lipinski definition) is 0. The SMILES string of the molecule is CCCCCCCCCCCCCCCCOC(=O)/C=C\C([O])=O. The number of hydrogen-bond acceptors (Lipinski definition) is 3. The highest BCUT2D eigenvalue weighted by Gasteiger charge is 1.99. The van der Waals surface area contributed by atoms with Gasteiger partial charge in [0.25, 0.3) is 0 Å². The average molecular weight is 339 g/mol. The van der Waals surface area contributed by atoms with E-state index in [0.717, 1.165) is 18.9 Å². The normalized spacial score (nSPS) is 11.0. The number of esters is 1. The van der Waals surface area contributed by atoms with Crippen molar-refractivity contribution in [1.29, 1.82) is 0 Å². The zero-order valence-corrected chi connectivity index (χ0v) is 15.4. The number of rotatable bonds is 17. The molecule has 0 atom stereocenters. The van der Waals surface area contributed by atoms with E-state index in [4.69, 9.17) is 4.74 Å². The van der Waals surface area contributed by atoms with Crippen LogP contribution in [-0.4, -0.2) is 18.5 Å². The van der Waals surface area contributed by atoms with Crippen molar-refractivity contribution in [2.75, 3.05) is 6.61 Å². The van der Waals surface area contributed by atoms with Crippen molar-refractivity contribution in [3.05, 3.63) is 12.2 Å². The molecular weight excluding hydrogens is 304 g/mol. The van der Waals surface area contributed by atoms with Crippen LogP contribution in [0.5, 0.6) is 0 Å². The Bertz CT molecular complexity index is 337. The molecule has 0 heterocycles. The summed E-state index contributed by atoms with van der Waals surface area (Å²) in [5.74, 6) is -2.00. The Morgan fingerprint density at radius 1 is 0.667 bits per heavy atom. The molecule has 0 N–H and O–H groups in total. The molecule has 4 heteroatoms. The van der Waals surface area contributed by atoms with Crippen LogP contribution in [0.25, 0.3) is 0 Å². The molecule has 0 aromatic carbocycles. The van der Waals surface area contributed by atoms with Gasteiger partial charge in [-0.2, -0.15) is 0 Å². The molecule has 139 valence electrons. The second-order valence-corrected chi connectivity index (χ2v) is 6.42. The van der Waals surface area contributed by atoms with Gasteiger partial charge in [0, 0.05) is 12.2 Å². The molecule has 0 aromatic rings. The molecule has 0 rings (SSSR count). The first kappa shape index (κ1) is 22.7. The quantitative estimate of drug-likeness (QED) is 0.199. The van der Waals surface area contributed by atoms with E-state index < -0.39 is 11.9 Å². The van der Waals surface area contributed by atoms with E-state index in [2.05, 4.69) is 6.92 Å². The standard InChI is InChI=1S/C20H35O4/c1-2-3-4-5-6-7-8-9-10-11-12-13-14-15-18-24-20(23)17-16-19(21)22/h16-17H,2-15,18H2,1H3/b17-16-. The van der Waals surface area contributed by atoms with Crippen LogP contribution >= 0.6 is 0 Å². The topological polar surface area (TPSA) is 63.3 Å². The lowest BCUT2D eigenvalue weighted by Gasteiger charge is -2.03. The summed E-state index contributed by atoms with van der Waals surface area (Å²) in [5.41, 5.74) is 0. The Morgan fingerprint density at radius 3 is 1.50 bits per heavy atom. The van der Waals surface area contributed by atoms with Gasteiger partial charge in [-0.05, 0) is 6.42 Å². The average Bonchev–Trinajstić information content (AvgIpc) is 2.56. The monoisotopic (exact) mass is 339 g/mol. The Kier molecular flexibility index (Phi) is 17.0. The highest BCUT2D eigenvalue weighted by molar-refractivity contribution is 5.90. The highest BCUT2D eigenvalue weighted by Crippen LogP contribution is 2.12. The molecule has 0 amide bonds. The van der Waals surface area contributed by atoms with E-state index in [-0.39, 0.29) is 0 Å². The molecule has 0 aliphatic heterocycles. The second-order valence-electron chi connectivity index (χ2n) is 6.42. The highest BCUT2D eigenvalue weighted by atomic mass is 16.5. The third-order valence-corrected chi connectivity index (χ3v) is 4.10. The molecular formula is C20H35O4. The molecule has 4 nitrogen and oxygen atoms in total. The molecule has 0 unspecified atom stereocenters. The van der Waals surface area contributed by atoms with Crippen LogP contribution in [-0.2, 0) is 19.4 Å². The van der Waals surface area contributed by atoms with E-state index in [1.165, 1.54) is 77.0 Å². The van der Waals surface area contributed by atoms with Gasteiger partial charge in [-0.15, -0.1) is 0 Å². The van der Waals surface area contributed by atoms with Gasteiger partial charge in [0.15, 0.2) is 0 Å². The fraction of sp³-hybridized carbons (Fsp3) is 0.800. The maximum Gasteiger partial charge on any atom is 0.379 e. The van der Waals surface area contributed by atoms with Crippen LogP contribution in [0.4, 0.5) is 0 Å². The lowest BCUT2D eigenvalue weighted by atomic mass is 10.0. The minimum Gasteiger partial charge on any atom is -0.463 e. The summed E-state index contributed by atoms with van der Waals surface area (Å²) in [7, 11) is 0. The van der Waals surface area contributed by atoms with Crippen LogP contribution in [0.2, 0.25) is 0 Å². The van der Waals surface area contributed by atoms with Crippen molar-refractivity contribution in [3.8, 4) is 0 Å². The van der Waals surface area contributed by atoms with Gasteiger partial charge in [-0.3, -0.25) is 0 Å². The number of carbonyl (C=O) groups excluding carboxylic acids is 2. The summed E-state index contributed by atoms with van der Waals surface area (Å²) in [6, 6.07) is 0. The van der Waals surface area contributed by atoms with E-state index in [1.807, 2.05) is 0 Å². The molecule has 1 radical (unpaired) electrons. The van der Waals surface area contributed by atoms with Crippen molar-refractivity contribution in [1.82, 2.24) is 0 Å². The molecule has 0 aliphatic carbocycles. The van der Waals surface area contributed by atoms with E-state index in [9.17, 15) is 14.7 Å². The lowest BCUT2D eigenvalue weighted by Crippen LogP contribution is -2.03. The molecule has 0 spiro atoms. The van der Waals surface area contributed by atoms with E-state index in [1.54, 1.807) is 0 Å². The summed E-state index contributed by atoms with van der Waals surface area (Å²) in [5, 5.41) is 10.1. The van der Waals surface area contributed by atoms with Gasteiger partial charge in [0.05, 0.1) is 6.61 Å². The van der Waals surface area contributed by atoms with Crippen LogP contribution in [0.1, 0.15) is 96.8 Å². The minimum atomic E-state index is -1.39. The molecule has 0 bridgehead atoms. The predicted molar refractivity (Wildman–Crippen MR) is 96.1 cm³/mol. The van der Waals surface area contributed by atoms with Crippen molar-refractivity contribution in [2.24, 2.45) is 0 Å². The van der Waals surface area contributed by atoms with Gasteiger partial charge < -0.3 is 4.74 Å². The first-order chi connectivity index (χ1) is 11.7. The number of unbranched alkanes of at least 4 members (excludes halogenated alkanes) is 13. The third-order valence-electron chi connectivity index (χ3n) is 4.10. The summed E-state index contributed by atoms with van der Waals surface area (Å²) < 4.78 is 4.88. The zero-order chi connectivity index (χ0) is 17.9. The van der Waals surface area contributed by atoms with Gasteiger partial charge in [0.2, 0.25) is 0 Å². The largest absolute Gasteiger partial charge is 0.463 e. The maximum atomic E-state index is 11.1. The Morgan fingerprint density at radius 2 is 1.08 bits per heavy atom. The lowest BCUT2D eigenvalue weighted by molar-refractivity contribution is -0.140. The summed E-state index contributed by atoms with van der Waals surface area (Å²) in [6.07, 6.45) is 19.5. The second kappa shape index (κ2) is 18.0. The molecule has 0 saturated heterocycles. The molecule has 24 heavy (non-hydrogen) atoms. The smallest absolute Gasteiger partial charge is 0.379 e. The molecule has 0 fully saturated rings. The molecule has 0 saturated carbocycles. The zero-order valence-electron chi connectivity index (χ0n) is 15.4. The van der Waals surface area contributed by atoms with Crippen LogP contribution < -0.4 is 0 Å². The van der Waals surface area contributed by atoms with Crippen molar-refractivity contribution in [2.45, 2.75) is 96.8 Å². The van der Waals surface area contributed by atoms with E-state index in [0.29, 0.717) is 12.7 Å². The fourth-order valence-electron chi connectivity index (χ4n) is 2.65. The van der Waals surface area contributed by atoms with Crippen molar-refractivity contribution >= 4 is 11.9 Å². The van der Waals surface area contributed by atoms with Crippen LogP contribution in [0.15, 0.2) is 12.2 Å². The van der Waals surface area contributed by atoms with Crippen molar-refractivity contribution < 1.29 is 19.4 Å². The van der Waals surface area contributed by atoms with Crippen molar-refractivity contribution in [3.63, 3.8) is 0 Å². The fourth-order valence-corrected chi connectivity index (χ4v) is 2.65. The Labute approximate surface area is 147 Å². The van der Waals surface area contributed by atoms with Crippen LogP contribution in [0.3, 0.4) is 0 Å². The maximum absolute atomic E-state index is 11.1. The minimum absolute atomic E-state index is 0.355. The van der Waals surface area contributed by atoms with Gasteiger partial charge in [-0.25, -0.2) is 14.7 Å². The molecule has 0 aromatic heterocycles. The summed E-state index contributed by atoms with van der Waals surface area (Å²) in [4.78, 5) is 21.2. The van der Waals surface area contributed by atoms with Gasteiger partial charge in [-0.1, -0.05) is 90.4 Å². The van der Waals surface area contributed by atoms with Gasteiger partial charge >= 0.3 is 11.9 Å². The third kappa shape index (κ3) is 18.7. The van der Waals surface area contributed by atoms with E-state index >= 15 is 0 Å². The van der Waals surface area contributed by atoms with Crippen LogP contribution in [0, 0.1) is 0 Å². The first-order valence-electron chi connectivity index (χ1n) is 9.72. The predicted octanol–water partition coefficient (Wildman–Crippen LogP) is 5.52.